The Morgan fingerprint density at radius 2 is 2.11 bits per heavy atom. The smallest absolute Gasteiger partial charge is 0.292 e. The Hall–Kier alpha value is -1.97. The maximum Gasteiger partial charge on any atom is 0.292 e. The lowest BCUT2D eigenvalue weighted by molar-refractivity contribution is 0.409. The van der Waals surface area contributed by atoms with Crippen LogP contribution in [0.1, 0.15) is 36.6 Å². The first-order chi connectivity index (χ1) is 9.10. The fourth-order valence-corrected chi connectivity index (χ4v) is 2.05. The van der Waals surface area contributed by atoms with Gasteiger partial charge in [0, 0.05) is 0 Å². The molecule has 2 aromatic rings. The van der Waals surface area contributed by atoms with E-state index in [1.807, 2.05) is 6.07 Å². The molecule has 0 fully saturated rings. The monoisotopic (exact) mass is 260 g/mol. The summed E-state index contributed by atoms with van der Waals surface area (Å²) in [5, 5.41) is 0. The molecule has 1 aromatic heterocycles. The standard InChI is InChI=1S/C15H20N2O2/c1-10(2)11-5-7-14(18-3)12(8-11)4-6-13-9-19-15(16)17-13/h5,7-10H,4,6H2,1-3H3,(H2,16,17). The maximum absolute atomic E-state index is 5.47. The molecule has 0 bridgehead atoms. The van der Waals surface area contributed by atoms with E-state index in [0.717, 1.165) is 24.3 Å². The van der Waals surface area contributed by atoms with E-state index in [4.69, 9.17) is 14.9 Å². The molecule has 0 saturated heterocycles. The van der Waals surface area contributed by atoms with Gasteiger partial charge in [0.25, 0.3) is 6.01 Å². The van der Waals surface area contributed by atoms with Crippen LogP contribution < -0.4 is 10.5 Å². The van der Waals surface area contributed by atoms with Crippen LogP contribution in [0.2, 0.25) is 0 Å². The van der Waals surface area contributed by atoms with Crippen LogP contribution in [0.4, 0.5) is 6.01 Å². The zero-order valence-corrected chi connectivity index (χ0v) is 11.6. The lowest BCUT2D eigenvalue weighted by Gasteiger charge is -2.12. The molecule has 0 unspecified atom stereocenters. The van der Waals surface area contributed by atoms with Crippen molar-refractivity contribution in [2.45, 2.75) is 32.6 Å². The van der Waals surface area contributed by atoms with Gasteiger partial charge in [-0.3, -0.25) is 0 Å². The Kier molecular flexibility index (Phi) is 4.10. The van der Waals surface area contributed by atoms with Gasteiger partial charge in [0.2, 0.25) is 0 Å². The Labute approximate surface area is 113 Å². The topological polar surface area (TPSA) is 61.3 Å². The Morgan fingerprint density at radius 1 is 1.32 bits per heavy atom. The van der Waals surface area contributed by atoms with Gasteiger partial charge in [0.1, 0.15) is 12.0 Å². The van der Waals surface area contributed by atoms with Crippen LogP contribution in [0, 0.1) is 0 Å². The first-order valence-corrected chi connectivity index (χ1v) is 6.47. The van der Waals surface area contributed by atoms with E-state index >= 15 is 0 Å². The molecular formula is C15H20N2O2. The first kappa shape index (κ1) is 13.5. The van der Waals surface area contributed by atoms with E-state index < -0.39 is 0 Å². The van der Waals surface area contributed by atoms with E-state index in [9.17, 15) is 0 Å². The maximum atomic E-state index is 5.47. The van der Waals surface area contributed by atoms with Crippen LogP contribution in [0.5, 0.6) is 5.75 Å². The number of aryl methyl sites for hydroxylation is 2. The summed E-state index contributed by atoms with van der Waals surface area (Å²) in [6.07, 6.45) is 3.25. The van der Waals surface area contributed by atoms with Crippen LogP contribution >= 0.6 is 0 Å². The number of nitrogen functional groups attached to an aromatic ring is 1. The molecule has 0 aliphatic heterocycles. The van der Waals surface area contributed by atoms with Crippen molar-refractivity contribution in [2.75, 3.05) is 12.8 Å². The molecule has 0 aliphatic carbocycles. The number of aromatic nitrogens is 1. The highest BCUT2D eigenvalue weighted by molar-refractivity contribution is 5.38. The van der Waals surface area contributed by atoms with Crippen LogP contribution in [0.3, 0.4) is 0 Å². The number of benzene rings is 1. The van der Waals surface area contributed by atoms with Crippen LogP contribution in [0.15, 0.2) is 28.9 Å². The van der Waals surface area contributed by atoms with E-state index in [0.29, 0.717) is 5.92 Å². The fourth-order valence-electron chi connectivity index (χ4n) is 2.05. The first-order valence-electron chi connectivity index (χ1n) is 6.47. The van der Waals surface area contributed by atoms with Gasteiger partial charge in [-0.15, -0.1) is 0 Å². The van der Waals surface area contributed by atoms with Gasteiger partial charge in [-0.2, -0.15) is 4.98 Å². The highest BCUT2D eigenvalue weighted by Crippen LogP contribution is 2.25. The van der Waals surface area contributed by atoms with Crippen molar-refractivity contribution in [3.8, 4) is 5.75 Å². The highest BCUT2D eigenvalue weighted by Gasteiger charge is 2.08. The summed E-state index contributed by atoms with van der Waals surface area (Å²) in [5.74, 6) is 1.42. The molecule has 102 valence electrons. The Bertz CT molecular complexity index is 547. The van der Waals surface area contributed by atoms with Crippen LogP contribution in [-0.2, 0) is 12.8 Å². The lowest BCUT2D eigenvalue weighted by atomic mass is 9.98. The number of nitrogens with two attached hydrogens (primary N) is 1. The minimum absolute atomic E-state index is 0.220. The molecule has 4 heteroatoms. The highest BCUT2D eigenvalue weighted by atomic mass is 16.5. The van der Waals surface area contributed by atoms with Gasteiger partial charge >= 0.3 is 0 Å². The van der Waals surface area contributed by atoms with E-state index in [1.165, 1.54) is 11.1 Å². The second-order valence-corrected chi connectivity index (χ2v) is 4.90. The third-order valence-corrected chi connectivity index (χ3v) is 3.19. The summed E-state index contributed by atoms with van der Waals surface area (Å²) in [7, 11) is 1.70. The minimum atomic E-state index is 0.220. The van der Waals surface area contributed by atoms with Crippen molar-refractivity contribution in [1.29, 1.82) is 0 Å². The SMILES string of the molecule is COc1ccc(C(C)C)cc1CCc1coc(N)n1. The molecule has 2 rings (SSSR count). The second kappa shape index (κ2) is 5.78. The quantitative estimate of drug-likeness (QED) is 0.897. The van der Waals surface area contributed by atoms with Gasteiger partial charge in [-0.25, -0.2) is 0 Å². The molecule has 1 heterocycles. The zero-order valence-electron chi connectivity index (χ0n) is 11.6. The average molecular weight is 260 g/mol. The summed E-state index contributed by atoms with van der Waals surface area (Å²) in [6.45, 7) is 4.37. The van der Waals surface area contributed by atoms with Gasteiger partial charge in [-0.05, 0) is 36.0 Å². The van der Waals surface area contributed by atoms with Crippen LogP contribution in [0.25, 0.3) is 0 Å². The molecule has 0 amide bonds. The molecule has 2 N–H and O–H groups in total. The third kappa shape index (κ3) is 3.28. The average Bonchev–Trinajstić information content (AvgIpc) is 2.81. The summed E-state index contributed by atoms with van der Waals surface area (Å²) in [6, 6.07) is 6.56. The van der Waals surface area contributed by atoms with E-state index in [2.05, 4.69) is 31.0 Å². The lowest BCUT2D eigenvalue weighted by Crippen LogP contribution is -1.98. The molecule has 4 nitrogen and oxygen atoms in total. The number of hydrogen-bond acceptors (Lipinski definition) is 4. The molecule has 0 radical (unpaired) electrons. The van der Waals surface area contributed by atoms with Crippen molar-refractivity contribution >= 4 is 6.01 Å². The molecular weight excluding hydrogens is 240 g/mol. The number of anilines is 1. The van der Waals surface area contributed by atoms with Gasteiger partial charge < -0.3 is 14.9 Å². The largest absolute Gasteiger partial charge is 0.496 e. The van der Waals surface area contributed by atoms with Crippen molar-refractivity contribution in [1.82, 2.24) is 4.98 Å². The number of oxazole rings is 1. The minimum Gasteiger partial charge on any atom is -0.496 e. The normalized spacial score (nSPS) is 10.9. The van der Waals surface area contributed by atoms with Crippen molar-refractivity contribution in [2.24, 2.45) is 0 Å². The predicted molar refractivity (Wildman–Crippen MR) is 75.4 cm³/mol. The molecule has 1 aromatic carbocycles. The van der Waals surface area contributed by atoms with Crippen LogP contribution in [-0.4, -0.2) is 12.1 Å². The molecule has 0 saturated carbocycles. The zero-order chi connectivity index (χ0) is 13.8. The van der Waals surface area contributed by atoms with Crippen molar-refractivity contribution < 1.29 is 9.15 Å². The summed E-state index contributed by atoms with van der Waals surface area (Å²) in [5.41, 5.74) is 8.84. The van der Waals surface area contributed by atoms with E-state index in [1.54, 1.807) is 13.4 Å². The van der Waals surface area contributed by atoms with Gasteiger partial charge in [-0.1, -0.05) is 26.0 Å². The number of hydrogen-bond donors (Lipinski definition) is 1. The number of ether oxygens (including phenoxy) is 1. The van der Waals surface area contributed by atoms with E-state index in [-0.39, 0.29) is 6.01 Å². The van der Waals surface area contributed by atoms with Gasteiger partial charge in [0.05, 0.1) is 12.8 Å². The Balaban J connectivity index is 2.15. The van der Waals surface area contributed by atoms with Gasteiger partial charge in [0.15, 0.2) is 0 Å². The molecule has 0 spiro atoms. The summed E-state index contributed by atoms with van der Waals surface area (Å²) >= 11 is 0. The molecule has 0 aliphatic rings. The van der Waals surface area contributed by atoms with Crippen molar-refractivity contribution in [3.63, 3.8) is 0 Å². The number of rotatable bonds is 5. The summed E-state index contributed by atoms with van der Waals surface area (Å²) < 4.78 is 10.4. The molecule has 0 atom stereocenters. The number of nitrogens with zero attached hydrogens (tertiary/aromatic N) is 1. The van der Waals surface area contributed by atoms with Crippen molar-refractivity contribution in [3.05, 3.63) is 41.3 Å². The molecule has 19 heavy (non-hydrogen) atoms. The predicted octanol–water partition coefficient (Wildman–Crippen LogP) is 3.17. The summed E-state index contributed by atoms with van der Waals surface area (Å²) in [4.78, 5) is 4.11. The number of methoxy groups -OCH3 is 1. The Morgan fingerprint density at radius 3 is 2.68 bits per heavy atom. The fraction of sp³-hybridized carbons (Fsp3) is 0.400. The second-order valence-electron chi connectivity index (χ2n) is 4.90. The third-order valence-electron chi connectivity index (χ3n) is 3.19.